The normalized spacial score (nSPS) is 19.5. The van der Waals surface area contributed by atoms with Crippen molar-refractivity contribution in [3.8, 4) is 0 Å². The van der Waals surface area contributed by atoms with Gasteiger partial charge in [-0.05, 0) is 12.8 Å². The second-order valence-electron chi connectivity index (χ2n) is 4.07. The molecule has 1 saturated heterocycles. The van der Waals surface area contributed by atoms with Crippen LogP contribution >= 0.6 is 7.82 Å². The smallest absolute Gasteiger partial charge is 0.371 e. The topological polar surface area (TPSA) is 57.3 Å². The molecule has 0 radical (unpaired) electrons. The molecule has 0 aromatic heterocycles. The third-order valence-electron chi connectivity index (χ3n) is 2.32. The molecule has 1 aliphatic rings. The maximum Gasteiger partial charge on any atom is 0.474 e. The second-order valence-corrected chi connectivity index (χ2v) is 5.74. The highest BCUT2D eigenvalue weighted by Crippen LogP contribution is 2.50. The Morgan fingerprint density at radius 1 is 1.12 bits per heavy atom. The van der Waals surface area contributed by atoms with Crippen LogP contribution in [0.5, 0.6) is 0 Å². The van der Waals surface area contributed by atoms with Crippen LogP contribution in [0, 0.1) is 0 Å². The van der Waals surface area contributed by atoms with Crippen molar-refractivity contribution in [1.29, 1.82) is 0 Å². The Hall–Kier alpha value is 0.0700. The number of rotatable bonds is 11. The van der Waals surface area contributed by atoms with Gasteiger partial charge in [0, 0.05) is 0 Å². The van der Waals surface area contributed by atoms with E-state index in [-0.39, 0.29) is 12.7 Å². The van der Waals surface area contributed by atoms with Crippen LogP contribution < -0.4 is 0 Å². The monoisotopic (exact) mass is 266 g/mol. The summed E-state index contributed by atoms with van der Waals surface area (Å²) in [6.07, 6.45) is 3.74. The van der Waals surface area contributed by atoms with Crippen molar-refractivity contribution in [1.82, 2.24) is 0 Å². The van der Waals surface area contributed by atoms with Crippen molar-refractivity contribution < 1.29 is 22.9 Å². The van der Waals surface area contributed by atoms with E-state index in [0.717, 1.165) is 25.7 Å². The quantitative estimate of drug-likeness (QED) is 0.326. The Morgan fingerprint density at radius 2 is 1.65 bits per heavy atom. The van der Waals surface area contributed by atoms with E-state index in [1.807, 2.05) is 13.8 Å². The first-order valence-electron chi connectivity index (χ1n) is 6.35. The maximum atomic E-state index is 12.2. The minimum absolute atomic E-state index is 0.0628. The summed E-state index contributed by atoms with van der Waals surface area (Å²) < 4.78 is 32.9. The minimum atomic E-state index is -3.37. The summed E-state index contributed by atoms with van der Waals surface area (Å²) in [5.74, 6) is 0. The third-order valence-corrected chi connectivity index (χ3v) is 3.78. The van der Waals surface area contributed by atoms with Crippen LogP contribution in [0.25, 0.3) is 0 Å². The van der Waals surface area contributed by atoms with E-state index in [0.29, 0.717) is 19.8 Å². The summed E-state index contributed by atoms with van der Waals surface area (Å²) in [7, 11) is -3.37. The molecule has 1 heterocycles. The molecule has 0 bridgehead atoms. The fraction of sp³-hybridized carbons (Fsp3) is 1.00. The number of phosphoric ester groups is 1. The fourth-order valence-electron chi connectivity index (χ4n) is 1.09. The standard InChI is InChI=1S/C11H23O5P/c1-3-5-7-14-17(12,15-8-6-4-2)16-10-11-9-13-11/h11H,3-10H2,1-2H3. The van der Waals surface area contributed by atoms with E-state index in [4.69, 9.17) is 18.3 Å². The summed E-state index contributed by atoms with van der Waals surface area (Å²) in [5.41, 5.74) is 0. The molecule has 1 unspecified atom stereocenters. The van der Waals surface area contributed by atoms with Crippen molar-refractivity contribution in [2.75, 3.05) is 26.4 Å². The lowest BCUT2D eigenvalue weighted by Gasteiger charge is -2.17. The van der Waals surface area contributed by atoms with Crippen LogP contribution in [0.3, 0.4) is 0 Å². The van der Waals surface area contributed by atoms with E-state index in [9.17, 15) is 4.57 Å². The average molecular weight is 266 g/mol. The molecule has 0 aromatic carbocycles. The highest BCUT2D eigenvalue weighted by molar-refractivity contribution is 7.48. The largest absolute Gasteiger partial charge is 0.474 e. The van der Waals surface area contributed by atoms with E-state index in [1.54, 1.807) is 0 Å². The number of phosphoric acid groups is 1. The molecule has 1 atom stereocenters. The van der Waals surface area contributed by atoms with Crippen molar-refractivity contribution in [3.05, 3.63) is 0 Å². The summed E-state index contributed by atoms with van der Waals surface area (Å²) in [5, 5.41) is 0. The minimum Gasteiger partial charge on any atom is -0.371 e. The molecule has 1 aliphatic heterocycles. The van der Waals surface area contributed by atoms with Crippen molar-refractivity contribution in [2.45, 2.75) is 45.6 Å². The van der Waals surface area contributed by atoms with Gasteiger partial charge < -0.3 is 4.74 Å². The molecule has 102 valence electrons. The lowest BCUT2D eigenvalue weighted by Crippen LogP contribution is -2.06. The van der Waals surface area contributed by atoms with Crippen molar-refractivity contribution in [2.24, 2.45) is 0 Å². The predicted octanol–water partition coefficient (Wildman–Crippen LogP) is 3.14. The molecule has 0 saturated carbocycles. The van der Waals surface area contributed by atoms with Crippen LogP contribution in [0.15, 0.2) is 0 Å². The van der Waals surface area contributed by atoms with E-state index in [1.165, 1.54) is 0 Å². The zero-order chi connectivity index (χ0) is 12.6. The van der Waals surface area contributed by atoms with Crippen LogP contribution in [0.1, 0.15) is 39.5 Å². The number of unbranched alkanes of at least 4 members (excludes halogenated alkanes) is 2. The van der Waals surface area contributed by atoms with Gasteiger partial charge in [-0.1, -0.05) is 26.7 Å². The van der Waals surface area contributed by atoms with Gasteiger partial charge in [-0.15, -0.1) is 0 Å². The number of hydrogen-bond donors (Lipinski definition) is 0. The molecule has 0 amide bonds. The first kappa shape index (κ1) is 15.1. The third kappa shape index (κ3) is 7.17. The number of epoxide rings is 1. The highest BCUT2D eigenvalue weighted by atomic mass is 31.2. The molecule has 6 heteroatoms. The average Bonchev–Trinajstić information content (AvgIpc) is 3.11. The van der Waals surface area contributed by atoms with Gasteiger partial charge in [0.25, 0.3) is 0 Å². The summed E-state index contributed by atoms with van der Waals surface area (Å²) >= 11 is 0. The number of ether oxygens (including phenoxy) is 1. The van der Waals surface area contributed by atoms with Crippen LogP contribution in [-0.4, -0.2) is 32.5 Å². The predicted molar refractivity (Wildman–Crippen MR) is 65.0 cm³/mol. The first-order chi connectivity index (χ1) is 8.20. The van der Waals surface area contributed by atoms with Gasteiger partial charge in [0.15, 0.2) is 0 Å². The zero-order valence-corrected chi connectivity index (χ0v) is 11.6. The fourth-order valence-corrected chi connectivity index (χ4v) is 2.37. The summed E-state index contributed by atoms with van der Waals surface area (Å²) in [6.45, 7) is 5.87. The lowest BCUT2D eigenvalue weighted by atomic mass is 10.4. The Bertz CT molecular complexity index is 228. The molecule has 1 rings (SSSR count). The summed E-state index contributed by atoms with van der Waals surface area (Å²) in [4.78, 5) is 0. The second kappa shape index (κ2) is 8.22. The van der Waals surface area contributed by atoms with Gasteiger partial charge in [0.2, 0.25) is 0 Å². The van der Waals surface area contributed by atoms with Gasteiger partial charge in [-0.25, -0.2) is 4.57 Å². The Morgan fingerprint density at radius 3 is 2.06 bits per heavy atom. The maximum absolute atomic E-state index is 12.2. The van der Waals surface area contributed by atoms with Gasteiger partial charge >= 0.3 is 7.82 Å². The SMILES string of the molecule is CCCCOP(=O)(OCCCC)OCC1CO1. The van der Waals surface area contributed by atoms with E-state index in [2.05, 4.69) is 0 Å². The van der Waals surface area contributed by atoms with Gasteiger partial charge in [-0.3, -0.25) is 13.6 Å². The Labute approximate surface area is 103 Å². The molecule has 0 aliphatic carbocycles. The number of hydrogen-bond acceptors (Lipinski definition) is 5. The van der Waals surface area contributed by atoms with Crippen LogP contribution in [0.4, 0.5) is 0 Å². The molecule has 1 fully saturated rings. The zero-order valence-electron chi connectivity index (χ0n) is 10.7. The van der Waals surface area contributed by atoms with Gasteiger partial charge in [0.1, 0.15) is 6.10 Å². The lowest BCUT2D eigenvalue weighted by molar-refractivity contribution is 0.105. The first-order valence-corrected chi connectivity index (χ1v) is 7.81. The van der Waals surface area contributed by atoms with E-state index < -0.39 is 7.82 Å². The Balaban J connectivity index is 2.27. The molecule has 0 aromatic rings. The van der Waals surface area contributed by atoms with Gasteiger partial charge in [-0.2, -0.15) is 0 Å². The Kier molecular flexibility index (Phi) is 7.32. The van der Waals surface area contributed by atoms with Crippen LogP contribution in [-0.2, 0) is 22.9 Å². The molecule has 0 N–H and O–H groups in total. The van der Waals surface area contributed by atoms with E-state index >= 15 is 0 Å². The van der Waals surface area contributed by atoms with Crippen LogP contribution in [0.2, 0.25) is 0 Å². The summed E-state index contributed by atoms with van der Waals surface area (Å²) in [6, 6.07) is 0. The molecular formula is C11H23O5P. The molecule has 17 heavy (non-hydrogen) atoms. The molecular weight excluding hydrogens is 243 g/mol. The van der Waals surface area contributed by atoms with Crippen molar-refractivity contribution in [3.63, 3.8) is 0 Å². The molecule has 0 spiro atoms. The van der Waals surface area contributed by atoms with Gasteiger partial charge in [0.05, 0.1) is 26.4 Å². The highest BCUT2D eigenvalue weighted by Gasteiger charge is 2.31. The molecule has 5 nitrogen and oxygen atoms in total. The van der Waals surface area contributed by atoms with Crippen molar-refractivity contribution >= 4 is 7.82 Å².